The summed E-state index contributed by atoms with van der Waals surface area (Å²) in [6, 6.07) is 7.49. The number of likely N-dealkylation sites (tertiary alicyclic amines) is 1. The molecule has 1 aromatic heterocycles. The largest absolute Gasteiger partial charge is 0.484 e. The maximum Gasteiger partial charge on any atom is 0.336 e. The highest BCUT2D eigenvalue weighted by Gasteiger charge is 2.30. The van der Waals surface area contributed by atoms with Gasteiger partial charge in [-0.2, -0.15) is 0 Å². The highest BCUT2D eigenvalue weighted by Crippen LogP contribution is 2.19. The first-order valence-electron chi connectivity index (χ1n) is 7.24. The lowest BCUT2D eigenvalue weighted by molar-refractivity contribution is -0.132. The minimum atomic E-state index is -0.481. The van der Waals surface area contributed by atoms with E-state index in [0.717, 1.165) is 5.39 Å². The quantitative estimate of drug-likeness (QED) is 0.831. The molecule has 0 saturated carbocycles. The molecule has 1 unspecified atom stereocenters. The molecule has 0 bridgehead atoms. The Labute approximate surface area is 131 Å². The Bertz CT molecular complexity index is 813. The Morgan fingerprint density at radius 3 is 2.87 bits per heavy atom. The Hall–Kier alpha value is -2.83. The van der Waals surface area contributed by atoms with Gasteiger partial charge in [-0.1, -0.05) is 0 Å². The molecule has 1 saturated heterocycles. The zero-order chi connectivity index (χ0) is 16.4. The first kappa shape index (κ1) is 15.1. The number of nitrogens with zero attached hydrogens (tertiary/aromatic N) is 1. The predicted octanol–water partition coefficient (Wildman–Crippen LogP) is 0.519. The van der Waals surface area contributed by atoms with Gasteiger partial charge in [-0.15, -0.1) is 0 Å². The van der Waals surface area contributed by atoms with Crippen molar-refractivity contribution in [1.29, 1.82) is 0 Å². The van der Waals surface area contributed by atoms with Gasteiger partial charge in [-0.25, -0.2) is 4.79 Å². The summed E-state index contributed by atoms with van der Waals surface area (Å²) in [5.41, 5.74) is -0.0562. The van der Waals surface area contributed by atoms with Gasteiger partial charge < -0.3 is 19.4 Å². The van der Waals surface area contributed by atoms with Crippen LogP contribution in [0.4, 0.5) is 0 Å². The van der Waals surface area contributed by atoms with Gasteiger partial charge in [0.15, 0.2) is 6.61 Å². The van der Waals surface area contributed by atoms with E-state index in [9.17, 15) is 14.4 Å². The van der Waals surface area contributed by atoms with Crippen molar-refractivity contribution in [2.24, 2.45) is 0 Å². The summed E-state index contributed by atoms with van der Waals surface area (Å²) in [5, 5.41) is 3.41. The fourth-order valence-corrected chi connectivity index (χ4v) is 2.47. The van der Waals surface area contributed by atoms with Crippen LogP contribution in [0, 0.1) is 0 Å². The van der Waals surface area contributed by atoms with Gasteiger partial charge in [0, 0.05) is 31.1 Å². The van der Waals surface area contributed by atoms with Gasteiger partial charge >= 0.3 is 5.63 Å². The molecule has 1 aliphatic heterocycles. The second kappa shape index (κ2) is 6.12. The molecule has 1 aromatic carbocycles. The standard InChI is InChI=1S/C16H16N2O5/c1-18-7-6-12(16(18)21)17-14(19)9-22-11-4-2-10-3-5-15(20)23-13(10)8-11/h2-5,8,12H,6-7,9H2,1H3,(H,17,19). The summed E-state index contributed by atoms with van der Waals surface area (Å²) in [6.07, 6.45) is 0.599. The molecule has 1 fully saturated rings. The lowest BCUT2D eigenvalue weighted by Gasteiger charge is -2.12. The number of carbonyl (C=O) groups excluding carboxylic acids is 2. The van der Waals surface area contributed by atoms with E-state index in [2.05, 4.69) is 5.32 Å². The average molecular weight is 316 g/mol. The number of carbonyl (C=O) groups is 2. The maximum absolute atomic E-state index is 11.9. The van der Waals surface area contributed by atoms with Crippen LogP contribution in [0.5, 0.6) is 5.75 Å². The molecule has 3 rings (SSSR count). The number of likely N-dealkylation sites (N-methyl/N-ethyl adjacent to an activating group) is 1. The number of fused-ring (bicyclic) bond motifs is 1. The molecule has 0 aliphatic carbocycles. The van der Waals surface area contributed by atoms with E-state index in [1.807, 2.05) is 0 Å². The summed E-state index contributed by atoms with van der Waals surface area (Å²) >= 11 is 0. The highest BCUT2D eigenvalue weighted by molar-refractivity contribution is 5.89. The number of rotatable bonds is 4. The minimum Gasteiger partial charge on any atom is -0.484 e. The van der Waals surface area contributed by atoms with Gasteiger partial charge in [0.25, 0.3) is 5.91 Å². The van der Waals surface area contributed by atoms with Crippen molar-refractivity contribution >= 4 is 22.8 Å². The van der Waals surface area contributed by atoms with Gasteiger partial charge in [-0.3, -0.25) is 9.59 Å². The van der Waals surface area contributed by atoms with Gasteiger partial charge in [-0.05, 0) is 24.6 Å². The van der Waals surface area contributed by atoms with Crippen LogP contribution >= 0.6 is 0 Å². The lowest BCUT2D eigenvalue weighted by Crippen LogP contribution is -2.42. The fraction of sp³-hybridized carbons (Fsp3) is 0.312. The smallest absolute Gasteiger partial charge is 0.336 e. The van der Waals surface area contributed by atoms with Gasteiger partial charge in [0.1, 0.15) is 17.4 Å². The first-order chi connectivity index (χ1) is 11.0. The van der Waals surface area contributed by atoms with E-state index in [4.69, 9.17) is 9.15 Å². The van der Waals surface area contributed by atoms with Crippen LogP contribution in [0.2, 0.25) is 0 Å². The molecule has 1 atom stereocenters. The molecule has 23 heavy (non-hydrogen) atoms. The number of amides is 2. The van der Waals surface area contributed by atoms with Crippen LogP contribution in [0.15, 0.2) is 39.5 Å². The van der Waals surface area contributed by atoms with Crippen LogP contribution in [0.1, 0.15) is 6.42 Å². The average Bonchev–Trinajstić information content (AvgIpc) is 2.84. The van der Waals surface area contributed by atoms with Gasteiger partial charge in [0.05, 0.1) is 0 Å². The van der Waals surface area contributed by atoms with Crippen molar-refractivity contribution in [2.75, 3.05) is 20.2 Å². The lowest BCUT2D eigenvalue weighted by atomic mass is 10.2. The maximum atomic E-state index is 11.9. The van der Waals surface area contributed by atoms with Crippen LogP contribution in [-0.2, 0) is 9.59 Å². The summed E-state index contributed by atoms with van der Waals surface area (Å²) in [4.78, 5) is 36.4. The topological polar surface area (TPSA) is 88.8 Å². The number of ether oxygens (including phenoxy) is 1. The Morgan fingerprint density at radius 2 is 2.13 bits per heavy atom. The second-order valence-electron chi connectivity index (χ2n) is 5.41. The molecule has 2 amide bonds. The molecule has 7 nitrogen and oxygen atoms in total. The molecular formula is C16H16N2O5. The van der Waals surface area contributed by atoms with E-state index in [1.54, 1.807) is 36.2 Å². The first-order valence-corrected chi connectivity index (χ1v) is 7.24. The van der Waals surface area contributed by atoms with E-state index < -0.39 is 11.7 Å². The summed E-state index contributed by atoms with van der Waals surface area (Å²) in [5.74, 6) is -0.0454. The minimum absolute atomic E-state index is 0.0918. The van der Waals surface area contributed by atoms with Crippen LogP contribution in [-0.4, -0.2) is 43.0 Å². The molecule has 2 heterocycles. The molecule has 1 aliphatic rings. The second-order valence-corrected chi connectivity index (χ2v) is 5.41. The predicted molar refractivity (Wildman–Crippen MR) is 82.2 cm³/mol. The third-order valence-corrected chi connectivity index (χ3v) is 3.73. The van der Waals surface area contributed by atoms with Crippen molar-refractivity contribution in [3.63, 3.8) is 0 Å². The van der Waals surface area contributed by atoms with E-state index >= 15 is 0 Å². The Morgan fingerprint density at radius 1 is 1.35 bits per heavy atom. The van der Waals surface area contributed by atoms with E-state index in [0.29, 0.717) is 24.3 Å². The van der Waals surface area contributed by atoms with Crippen molar-refractivity contribution in [3.8, 4) is 5.75 Å². The molecule has 7 heteroatoms. The van der Waals surface area contributed by atoms with Crippen LogP contribution < -0.4 is 15.7 Å². The number of nitrogens with one attached hydrogen (secondary N) is 1. The third kappa shape index (κ3) is 3.33. The highest BCUT2D eigenvalue weighted by atomic mass is 16.5. The molecule has 1 N–H and O–H groups in total. The fourth-order valence-electron chi connectivity index (χ4n) is 2.47. The summed E-state index contributed by atoms with van der Waals surface area (Å²) in [6.45, 7) is 0.421. The number of hydrogen-bond acceptors (Lipinski definition) is 5. The van der Waals surface area contributed by atoms with E-state index in [-0.39, 0.29) is 18.4 Å². The monoisotopic (exact) mass is 316 g/mol. The van der Waals surface area contributed by atoms with E-state index in [1.165, 1.54) is 6.07 Å². The molecular weight excluding hydrogens is 300 g/mol. The zero-order valence-electron chi connectivity index (χ0n) is 12.6. The summed E-state index contributed by atoms with van der Waals surface area (Å²) in [7, 11) is 1.70. The van der Waals surface area contributed by atoms with Crippen molar-refractivity contribution in [3.05, 3.63) is 40.8 Å². The Balaban J connectivity index is 1.60. The van der Waals surface area contributed by atoms with Gasteiger partial charge in [0.2, 0.25) is 5.91 Å². The molecule has 2 aromatic rings. The van der Waals surface area contributed by atoms with Crippen molar-refractivity contribution in [1.82, 2.24) is 10.2 Å². The van der Waals surface area contributed by atoms with Crippen molar-refractivity contribution in [2.45, 2.75) is 12.5 Å². The number of benzene rings is 1. The normalized spacial score (nSPS) is 17.5. The Kier molecular flexibility index (Phi) is 4.01. The van der Waals surface area contributed by atoms with Crippen LogP contribution in [0.25, 0.3) is 11.0 Å². The molecule has 0 spiro atoms. The molecule has 0 radical (unpaired) electrons. The third-order valence-electron chi connectivity index (χ3n) is 3.73. The SMILES string of the molecule is CN1CCC(NC(=O)COc2ccc3ccc(=O)oc3c2)C1=O. The molecule has 120 valence electrons. The van der Waals surface area contributed by atoms with Crippen molar-refractivity contribution < 1.29 is 18.7 Å². The zero-order valence-corrected chi connectivity index (χ0v) is 12.6. The summed E-state index contributed by atoms with van der Waals surface area (Å²) < 4.78 is 10.4. The number of hydrogen-bond donors (Lipinski definition) is 1. The van der Waals surface area contributed by atoms with Crippen LogP contribution in [0.3, 0.4) is 0 Å².